The predicted molar refractivity (Wildman–Crippen MR) is 110 cm³/mol. The number of amides is 1. The van der Waals surface area contributed by atoms with Crippen molar-refractivity contribution in [2.24, 2.45) is 0 Å². The van der Waals surface area contributed by atoms with Gasteiger partial charge >= 0.3 is 19.5 Å². The molecule has 1 heterocycles. The zero-order valence-electron chi connectivity index (χ0n) is 17.2. The molecule has 1 aromatic carbocycles. The third-order valence-electron chi connectivity index (χ3n) is 4.75. The van der Waals surface area contributed by atoms with Crippen LogP contribution in [0.4, 0.5) is 0 Å². The molecule has 1 aliphatic rings. The SMILES string of the molecule is CCCCC(NC(=O)c1ccccc1)P(=O)(O)OC(C)C(=O)OC(=O)[C@@H]1CCCN1. The van der Waals surface area contributed by atoms with Crippen molar-refractivity contribution in [3.05, 3.63) is 35.9 Å². The minimum Gasteiger partial charge on any atom is -0.390 e. The van der Waals surface area contributed by atoms with Crippen molar-refractivity contribution in [3.63, 3.8) is 0 Å². The van der Waals surface area contributed by atoms with Gasteiger partial charge in [-0.25, -0.2) is 9.59 Å². The third kappa shape index (κ3) is 7.02. The Kier molecular flexibility index (Phi) is 9.17. The first kappa shape index (κ1) is 24.2. The average Bonchev–Trinajstić information content (AvgIpc) is 3.26. The summed E-state index contributed by atoms with van der Waals surface area (Å²) in [6.07, 6.45) is 1.40. The molecule has 4 atom stereocenters. The molecule has 10 heteroatoms. The van der Waals surface area contributed by atoms with Gasteiger partial charge in [0, 0.05) is 5.56 Å². The van der Waals surface area contributed by atoms with Crippen LogP contribution in [0, 0.1) is 0 Å². The van der Waals surface area contributed by atoms with Crippen LogP contribution in [0.15, 0.2) is 30.3 Å². The molecule has 0 aliphatic carbocycles. The number of benzene rings is 1. The zero-order valence-corrected chi connectivity index (χ0v) is 18.1. The lowest BCUT2D eigenvalue weighted by molar-refractivity contribution is -0.165. The summed E-state index contributed by atoms with van der Waals surface area (Å²) in [7, 11) is -4.45. The Balaban J connectivity index is 2.01. The molecule has 1 aromatic rings. The van der Waals surface area contributed by atoms with E-state index >= 15 is 0 Å². The fourth-order valence-electron chi connectivity index (χ4n) is 3.02. The van der Waals surface area contributed by atoms with Crippen molar-refractivity contribution in [3.8, 4) is 0 Å². The monoisotopic (exact) mass is 440 g/mol. The van der Waals surface area contributed by atoms with Crippen LogP contribution >= 0.6 is 7.60 Å². The van der Waals surface area contributed by atoms with Gasteiger partial charge in [-0.3, -0.25) is 13.9 Å². The second-order valence-corrected chi connectivity index (χ2v) is 9.16. The molecule has 3 N–H and O–H groups in total. The van der Waals surface area contributed by atoms with Crippen molar-refractivity contribution in [1.29, 1.82) is 0 Å². The van der Waals surface area contributed by atoms with Crippen molar-refractivity contribution < 1.29 is 33.1 Å². The standard InChI is InChI=1S/C20H29N2O7P/c1-3-4-12-17(22-18(23)15-9-6-5-7-10-15)30(26,27)29-14(2)19(24)28-20(25)16-11-8-13-21-16/h5-7,9-10,14,16-17,21H,3-4,8,11-13H2,1-2H3,(H,22,23)(H,26,27)/t14?,16-,17?/m0/s1. The Morgan fingerprint density at radius 3 is 2.60 bits per heavy atom. The van der Waals surface area contributed by atoms with Gasteiger partial charge in [-0.2, -0.15) is 0 Å². The van der Waals surface area contributed by atoms with E-state index in [1.165, 1.54) is 6.92 Å². The van der Waals surface area contributed by atoms with Gasteiger partial charge in [-0.15, -0.1) is 0 Å². The molecule has 0 bridgehead atoms. The highest BCUT2D eigenvalue weighted by Gasteiger charge is 2.38. The average molecular weight is 440 g/mol. The molecule has 0 radical (unpaired) electrons. The first-order chi connectivity index (χ1) is 14.2. The predicted octanol–water partition coefficient (Wildman–Crippen LogP) is 2.34. The smallest absolute Gasteiger partial charge is 0.351 e. The molecule has 0 saturated carbocycles. The van der Waals surface area contributed by atoms with Crippen LogP contribution in [-0.4, -0.2) is 47.2 Å². The summed E-state index contributed by atoms with van der Waals surface area (Å²) in [5.41, 5.74) is 0.334. The second kappa shape index (κ2) is 11.4. The molecule has 0 aromatic heterocycles. The summed E-state index contributed by atoms with van der Waals surface area (Å²) in [4.78, 5) is 47.0. The first-order valence-corrected chi connectivity index (χ1v) is 11.7. The molecule has 1 saturated heterocycles. The molecule has 1 aliphatic heterocycles. The molecular weight excluding hydrogens is 411 g/mol. The fraction of sp³-hybridized carbons (Fsp3) is 0.550. The molecule has 30 heavy (non-hydrogen) atoms. The van der Waals surface area contributed by atoms with Gasteiger partial charge in [-0.1, -0.05) is 38.0 Å². The second-order valence-electron chi connectivity index (χ2n) is 7.20. The molecule has 1 fully saturated rings. The maximum atomic E-state index is 12.9. The van der Waals surface area contributed by atoms with Crippen LogP contribution in [0.1, 0.15) is 56.3 Å². The summed E-state index contributed by atoms with van der Waals surface area (Å²) >= 11 is 0. The summed E-state index contributed by atoms with van der Waals surface area (Å²) < 4.78 is 22.7. The van der Waals surface area contributed by atoms with Gasteiger partial charge in [0.25, 0.3) is 5.91 Å². The van der Waals surface area contributed by atoms with Crippen molar-refractivity contribution in [2.45, 2.75) is 63.9 Å². The zero-order chi connectivity index (χ0) is 22.1. The van der Waals surface area contributed by atoms with Crippen molar-refractivity contribution >= 4 is 25.4 Å². The van der Waals surface area contributed by atoms with E-state index in [0.29, 0.717) is 24.9 Å². The fourth-order valence-corrected chi connectivity index (χ4v) is 4.50. The quantitative estimate of drug-likeness (QED) is 0.287. The van der Waals surface area contributed by atoms with Gasteiger partial charge in [0.05, 0.1) is 0 Å². The molecule has 9 nitrogen and oxygen atoms in total. The molecule has 166 valence electrons. The number of unbranched alkanes of at least 4 members (excludes halogenated alkanes) is 1. The van der Waals surface area contributed by atoms with Crippen LogP contribution in [0.25, 0.3) is 0 Å². The molecular formula is C20H29N2O7P. The lowest BCUT2D eigenvalue weighted by atomic mass is 10.2. The number of hydrogen-bond acceptors (Lipinski definition) is 7. The van der Waals surface area contributed by atoms with E-state index in [4.69, 9.17) is 9.26 Å². The van der Waals surface area contributed by atoms with Gasteiger partial charge in [0.15, 0.2) is 6.10 Å². The lowest BCUT2D eigenvalue weighted by Crippen LogP contribution is -2.38. The Bertz CT molecular complexity index is 781. The minimum absolute atomic E-state index is 0.190. The highest BCUT2D eigenvalue weighted by molar-refractivity contribution is 7.53. The third-order valence-corrected chi connectivity index (χ3v) is 6.54. The molecule has 3 unspecified atom stereocenters. The van der Waals surface area contributed by atoms with Crippen LogP contribution in [0.3, 0.4) is 0 Å². The number of rotatable bonds is 10. The van der Waals surface area contributed by atoms with Gasteiger partial charge < -0.3 is 20.3 Å². The Labute approximate surface area is 176 Å². The Morgan fingerprint density at radius 1 is 1.30 bits per heavy atom. The molecule has 2 rings (SSSR count). The van der Waals surface area contributed by atoms with Gasteiger partial charge in [0.2, 0.25) is 0 Å². The number of esters is 2. The van der Waals surface area contributed by atoms with E-state index in [2.05, 4.69) is 10.6 Å². The van der Waals surface area contributed by atoms with E-state index in [0.717, 1.165) is 12.8 Å². The summed E-state index contributed by atoms with van der Waals surface area (Å²) in [5.74, 6) is -3.51. The first-order valence-electron chi connectivity index (χ1n) is 10.1. The highest BCUT2D eigenvalue weighted by Crippen LogP contribution is 2.49. The highest BCUT2D eigenvalue weighted by atomic mass is 31.2. The number of carbonyl (C=O) groups is 3. The lowest BCUT2D eigenvalue weighted by Gasteiger charge is -2.25. The normalized spacial score (nSPS) is 20.0. The number of ether oxygens (including phenoxy) is 1. The molecule has 0 spiro atoms. The molecule has 1 amide bonds. The number of nitrogens with one attached hydrogen (secondary N) is 2. The van der Waals surface area contributed by atoms with E-state index < -0.39 is 43.4 Å². The Morgan fingerprint density at radius 2 is 2.00 bits per heavy atom. The van der Waals surface area contributed by atoms with E-state index in [-0.39, 0.29) is 6.42 Å². The van der Waals surface area contributed by atoms with Crippen LogP contribution in [0.2, 0.25) is 0 Å². The largest absolute Gasteiger partial charge is 0.390 e. The van der Waals surface area contributed by atoms with E-state index in [1.54, 1.807) is 30.3 Å². The van der Waals surface area contributed by atoms with Crippen LogP contribution in [0.5, 0.6) is 0 Å². The maximum Gasteiger partial charge on any atom is 0.351 e. The summed E-state index contributed by atoms with van der Waals surface area (Å²) in [6, 6.07) is 7.71. The van der Waals surface area contributed by atoms with E-state index in [9.17, 15) is 23.8 Å². The maximum absolute atomic E-state index is 12.9. The summed E-state index contributed by atoms with van der Waals surface area (Å²) in [5, 5.41) is 5.44. The van der Waals surface area contributed by atoms with Gasteiger partial charge in [0.1, 0.15) is 11.8 Å². The van der Waals surface area contributed by atoms with E-state index in [1.807, 2.05) is 6.92 Å². The Hall–Kier alpha value is -2.06. The van der Waals surface area contributed by atoms with Gasteiger partial charge in [-0.05, 0) is 44.9 Å². The summed E-state index contributed by atoms with van der Waals surface area (Å²) in [6.45, 7) is 3.80. The number of hydrogen-bond donors (Lipinski definition) is 3. The van der Waals surface area contributed by atoms with Crippen molar-refractivity contribution in [2.75, 3.05) is 6.54 Å². The van der Waals surface area contributed by atoms with Crippen LogP contribution in [-0.2, 0) is 23.4 Å². The number of carbonyl (C=O) groups excluding carboxylic acids is 3. The van der Waals surface area contributed by atoms with Crippen molar-refractivity contribution in [1.82, 2.24) is 10.6 Å². The minimum atomic E-state index is -4.45. The van der Waals surface area contributed by atoms with Crippen LogP contribution < -0.4 is 10.6 Å². The topological polar surface area (TPSA) is 131 Å².